The summed E-state index contributed by atoms with van der Waals surface area (Å²) in [6.07, 6.45) is 6.92. The summed E-state index contributed by atoms with van der Waals surface area (Å²) < 4.78 is 2.94. The molecule has 0 aliphatic rings. The van der Waals surface area contributed by atoms with Gasteiger partial charge < -0.3 is 5.32 Å². The first kappa shape index (κ1) is 14.5. The van der Waals surface area contributed by atoms with Crippen molar-refractivity contribution in [2.24, 2.45) is 0 Å². The van der Waals surface area contributed by atoms with Crippen molar-refractivity contribution in [2.75, 3.05) is 6.54 Å². The second-order valence-electron chi connectivity index (χ2n) is 4.93. The zero-order chi connectivity index (χ0) is 14.7. The van der Waals surface area contributed by atoms with Gasteiger partial charge in [0, 0.05) is 24.3 Å². The fourth-order valence-electron chi connectivity index (χ4n) is 2.38. The van der Waals surface area contributed by atoms with Gasteiger partial charge in [0.05, 0.1) is 9.77 Å². The summed E-state index contributed by atoms with van der Waals surface area (Å²) in [5, 5.41) is 10.2. The van der Waals surface area contributed by atoms with Crippen molar-refractivity contribution < 1.29 is 0 Å². The maximum absolute atomic E-state index is 4.63. The molecule has 108 valence electrons. The van der Waals surface area contributed by atoms with E-state index in [9.17, 15) is 0 Å². The van der Waals surface area contributed by atoms with E-state index >= 15 is 0 Å². The van der Waals surface area contributed by atoms with Gasteiger partial charge in [-0.2, -0.15) is 5.10 Å². The lowest BCUT2D eigenvalue weighted by Gasteiger charge is -2.11. The quantitative estimate of drug-likeness (QED) is 0.534. The Labute approximate surface area is 137 Å². The van der Waals surface area contributed by atoms with Crippen LogP contribution in [0, 0.1) is 3.57 Å². The molecule has 0 amide bonds. The van der Waals surface area contributed by atoms with E-state index in [-0.39, 0.29) is 0 Å². The zero-order valence-electron chi connectivity index (χ0n) is 11.9. The Morgan fingerprint density at radius 2 is 2.00 bits per heavy atom. The number of aromatic nitrogens is 3. The number of pyridine rings is 1. The first-order valence-corrected chi connectivity index (χ1v) is 8.15. The molecule has 5 heteroatoms. The lowest BCUT2D eigenvalue weighted by molar-refractivity contribution is 0.676. The molecule has 0 aliphatic carbocycles. The van der Waals surface area contributed by atoms with Crippen molar-refractivity contribution >= 4 is 33.4 Å². The predicted octanol–water partition coefficient (Wildman–Crippen LogP) is 3.52. The highest BCUT2D eigenvalue weighted by atomic mass is 127. The van der Waals surface area contributed by atoms with Crippen molar-refractivity contribution in [1.82, 2.24) is 20.1 Å². The summed E-state index contributed by atoms with van der Waals surface area (Å²) in [6, 6.07) is 8.38. The number of hydrogen-bond acceptors (Lipinski definition) is 3. The number of nitrogens with zero attached hydrogens (tertiary/aromatic N) is 3. The standard InChI is InChI=1S/C16H17IN4/c1-2-7-18-8-12-9-19-16(21-11-13(17)10-20-21)15-6-4-3-5-14(12)15/h3-6,9-11,18H,2,7-8H2,1H3. The topological polar surface area (TPSA) is 42.7 Å². The molecule has 0 bridgehead atoms. The van der Waals surface area contributed by atoms with Gasteiger partial charge in [-0.05, 0) is 46.5 Å². The lowest BCUT2D eigenvalue weighted by Crippen LogP contribution is -2.14. The highest BCUT2D eigenvalue weighted by molar-refractivity contribution is 14.1. The molecular weight excluding hydrogens is 375 g/mol. The Balaban J connectivity index is 2.06. The number of fused-ring (bicyclic) bond motifs is 1. The summed E-state index contributed by atoms with van der Waals surface area (Å²) in [6.45, 7) is 4.04. The van der Waals surface area contributed by atoms with Crippen LogP contribution in [0.1, 0.15) is 18.9 Å². The van der Waals surface area contributed by atoms with Crippen LogP contribution in [0.2, 0.25) is 0 Å². The molecule has 2 aromatic heterocycles. The Morgan fingerprint density at radius 1 is 1.19 bits per heavy atom. The maximum atomic E-state index is 4.63. The van der Waals surface area contributed by atoms with Gasteiger partial charge in [-0.25, -0.2) is 9.67 Å². The third kappa shape index (κ3) is 3.08. The number of rotatable bonds is 5. The predicted molar refractivity (Wildman–Crippen MR) is 93.6 cm³/mol. The SMILES string of the molecule is CCCNCc1cnc(-n2cc(I)cn2)c2ccccc12. The lowest BCUT2D eigenvalue weighted by atomic mass is 10.1. The third-order valence-electron chi connectivity index (χ3n) is 3.37. The van der Waals surface area contributed by atoms with Gasteiger partial charge in [0.15, 0.2) is 5.82 Å². The van der Waals surface area contributed by atoms with Gasteiger partial charge in [-0.3, -0.25) is 0 Å². The molecule has 1 N–H and O–H groups in total. The van der Waals surface area contributed by atoms with Crippen LogP contribution in [0.15, 0.2) is 42.9 Å². The normalized spacial score (nSPS) is 11.1. The monoisotopic (exact) mass is 392 g/mol. The van der Waals surface area contributed by atoms with Crippen LogP contribution < -0.4 is 5.32 Å². The second-order valence-corrected chi connectivity index (χ2v) is 6.18. The largest absolute Gasteiger partial charge is 0.313 e. The van der Waals surface area contributed by atoms with Gasteiger partial charge in [-0.1, -0.05) is 31.2 Å². The molecular formula is C16H17IN4. The van der Waals surface area contributed by atoms with E-state index in [4.69, 9.17) is 0 Å². The van der Waals surface area contributed by atoms with Gasteiger partial charge >= 0.3 is 0 Å². The smallest absolute Gasteiger partial charge is 0.161 e. The van der Waals surface area contributed by atoms with E-state index < -0.39 is 0 Å². The van der Waals surface area contributed by atoms with Crippen LogP contribution in [-0.2, 0) is 6.54 Å². The van der Waals surface area contributed by atoms with Crippen molar-refractivity contribution in [1.29, 1.82) is 0 Å². The van der Waals surface area contributed by atoms with E-state index in [1.807, 2.05) is 29.3 Å². The van der Waals surface area contributed by atoms with E-state index in [1.54, 1.807) is 0 Å². The highest BCUT2D eigenvalue weighted by Crippen LogP contribution is 2.23. The number of halogens is 1. The van der Waals surface area contributed by atoms with Gasteiger partial charge in [0.1, 0.15) is 0 Å². The Bertz CT molecular complexity index is 751. The van der Waals surface area contributed by atoms with Gasteiger partial charge in [0.2, 0.25) is 0 Å². The molecule has 0 aliphatic heterocycles. The van der Waals surface area contributed by atoms with E-state index in [1.165, 1.54) is 10.9 Å². The number of hydrogen-bond donors (Lipinski definition) is 1. The molecule has 0 saturated carbocycles. The van der Waals surface area contributed by atoms with Crippen LogP contribution in [0.5, 0.6) is 0 Å². The molecule has 3 rings (SSSR count). The summed E-state index contributed by atoms with van der Waals surface area (Å²) >= 11 is 2.26. The average molecular weight is 392 g/mol. The molecule has 3 aromatic rings. The van der Waals surface area contributed by atoms with Crippen LogP contribution in [0.25, 0.3) is 16.6 Å². The first-order chi connectivity index (χ1) is 10.3. The molecule has 0 saturated heterocycles. The van der Waals surface area contributed by atoms with Gasteiger partial charge in [0.25, 0.3) is 0 Å². The van der Waals surface area contributed by atoms with Gasteiger partial charge in [-0.15, -0.1) is 0 Å². The zero-order valence-corrected chi connectivity index (χ0v) is 14.0. The molecule has 2 heterocycles. The first-order valence-electron chi connectivity index (χ1n) is 7.07. The summed E-state index contributed by atoms with van der Waals surface area (Å²) in [5.74, 6) is 0.882. The van der Waals surface area contributed by atoms with Crippen LogP contribution >= 0.6 is 22.6 Å². The fourth-order valence-corrected chi connectivity index (χ4v) is 2.76. The number of benzene rings is 1. The minimum Gasteiger partial charge on any atom is -0.313 e. The minimum absolute atomic E-state index is 0.846. The van der Waals surface area contributed by atoms with Crippen LogP contribution in [0.3, 0.4) is 0 Å². The molecule has 21 heavy (non-hydrogen) atoms. The highest BCUT2D eigenvalue weighted by Gasteiger charge is 2.09. The molecule has 0 radical (unpaired) electrons. The second kappa shape index (κ2) is 6.53. The van der Waals surface area contributed by atoms with E-state index in [0.29, 0.717) is 0 Å². The summed E-state index contributed by atoms with van der Waals surface area (Å²) in [4.78, 5) is 4.63. The molecule has 0 fully saturated rings. The van der Waals surface area contributed by atoms with Crippen molar-refractivity contribution in [2.45, 2.75) is 19.9 Å². The van der Waals surface area contributed by atoms with Crippen LogP contribution in [-0.4, -0.2) is 21.3 Å². The van der Waals surface area contributed by atoms with E-state index in [0.717, 1.165) is 34.3 Å². The molecule has 0 unspecified atom stereocenters. The maximum Gasteiger partial charge on any atom is 0.161 e. The Morgan fingerprint density at radius 3 is 2.71 bits per heavy atom. The van der Waals surface area contributed by atoms with Crippen LogP contribution in [0.4, 0.5) is 0 Å². The average Bonchev–Trinajstić information content (AvgIpc) is 2.94. The molecule has 4 nitrogen and oxygen atoms in total. The van der Waals surface area contributed by atoms with Crippen molar-refractivity contribution in [3.63, 3.8) is 0 Å². The van der Waals surface area contributed by atoms with E-state index in [2.05, 4.69) is 63.1 Å². The summed E-state index contributed by atoms with van der Waals surface area (Å²) in [5.41, 5.74) is 1.23. The molecule has 0 spiro atoms. The number of nitrogens with one attached hydrogen (secondary N) is 1. The van der Waals surface area contributed by atoms with Crippen molar-refractivity contribution in [3.05, 3.63) is 52.0 Å². The summed E-state index contributed by atoms with van der Waals surface area (Å²) in [7, 11) is 0. The Hall–Kier alpha value is -1.47. The molecule has 1 aromatic carbocycles. The van der Waals surface area contributed by atoms with Crippen molar-refractivity contribution in [3.8, 4) is 5.82 Å². The fraction of sp³-hybridized carbons (Fsp3) is 0.250. The minimum atomic E-state index is 0.846. The third-order valence-corrected chi connectivity index (χ3v) is 3.92. The molecule has 0 atom stereocenters. The Kier molecular flexibility index (Phi) is 4.50.